The minimum absolute atomic E-state index is 0.136. The topological polar surface area (TPSA) is 114 Å². The van der Waals surface area contributed by atoms with Crippen LogP contribution in [-0.4, -0.2) is 28.6 Å². The second kappa shape index (κ2) is 7.14. The van der Waals surface area contributed by atoms with Crippen LogP contribution in [-0.2, 0) is 10.0 Å². The maximum absolute atomic E-state index is 13.2. The van der Waals surface area contributed by atoms with Crippen molar-refractivity contribution in [2.24, 2.45) is 0 Å². The summed E-state index contributed by atoms with van der Waals surface area (Å²) in [5, 5.41) is 8.27. The van der Waals surface area contributed by atoms with Gasteiger partial charge in [0.2, 0.25) is 15.9 Å². The highest BCUT2D eigenvalue weighted by molar-refractivity contribution is 7.89. The molecule has 0 spiro atoms. The van der Waals surface area contributed by atoms with Crippen LogP contribution in [0.5, 0.6) is 0 Å². The Kier molecular flexibility index (Phi) is 4.80. The first-order valence-electron chi connectivity index (χ1n) is 9.33. The number of nitrogens with zero attached hydrogens (tertiary/aromatic N) is 3. The molecule has 2 N–H and O–H groups in total. The van der Waals surface area contributed by atoms with Crippen LogP contribution in [0.25, 0.3) is 11.5 Å². The highest BCUT2D eigenvalue weighted by Crippen LogP contribution is 2.38. The zero-order valence-corrected chi connectivity index (χ0v) is 16.9. The smallest absolute Gasteiger partial charge is 0.250 e. The number of aromatic nitrogens is 4. The van der Waals surface area contributed by atoms with E-state index in [9.17, 15) is 8.42 Å². The lowest BCUT2D eigenvalue weighted by Gasteiger charge is -2.20. The fourth-order valence-corrected chi connectivity index (χ4v) is 5.16. The Morgan fingerprint density at radius 1 is 1.21 bits per heavy atom. The molecule has 1 fully saturated rings. The number of nitrogens with one attached hydrogen (secondary N) is 2. The molecule has 3 heterocycles. The Bertz CT molecular complexity index is 1080. The summed E-state index contributed by atoms with van der Waals surface area (Å²) in [7, 11) is -3.85. The number of H-pyrrole nitrogens is 1. The third-order valence-electron chi connectivity index (χ3n) is 5.16. The lowest BCUT2D eigenvalue weighted by Crippen LogP contribution is -2.28. The van der Waals surface area contributed by atoms with Gasteiger partial charge in [0.1, 0.15) is 4.90 Å². The molecule has 0 aliphatic heterocycles. The number of sulfonamides is 1. The van der Waals surface area contributed by atoms with E-state index < -0.39 is 16.1 Å². The van der Waals surface area contributed by atoms with Crippen molar-refractivity contribution in [3.8, 4) is 11.5 Å². The molecule has 148 valence electrons. The molecule has 8 nitrogen and oxygen atoms in total. The average molecular weight is 401 g/mol. The van der Waals surface area contributed by atoms with Crippen LogP contribution < -0.4 is 4.72 Å². The van der Waals surface area contributed by atoms with Crippen LogP contribution in [0.3, 0.4) is 0 Å². The van der Waals surface area contributed by atoms with E-state index in [0.29, 0.717) is 28.5 Å². The van der Waals surface area contributed by atoms with Gasteiger partial charge in [-0.2, -0.15) is 0 Å². The molecule has 28 heavy (non-hydrogen) atoms. The molecule has 4 rings (SSSR count). The Morgan fingerprint density at radius 2 is 2.00 bits per heavy atom. The summed E-state index contributed by atoms with van der Waals surface area (Å²) in [6.45, 7) is 5.28. The molecule has 0 amide bonds. The van der Waals surface area contributed by atoms with Crippen molar-refractivity contribution in [3.05, 3.63) is 47.4 Å². The second-order valence-electron chi connectivity index (χ2n) is 7.25. The predicted octanol–water partition coefficient (Wildman–Crippen LogP) is 3.38. The molecule has 0 bridgehead atoms. The van der Waals surface area contributed by atoms with Gasteiger partial charge in [-0.1, -0.05) is 12.5 Å². The molecule has 9 heteroatoms. The lowest BCUT2D eigenvalue weighted by molar-refractivity contribution is 0.338. The number of aryl methyl sites for hydroxylation is 2. The lowest BCUT2D eigenvalue weighted by atomic mass is 9.85. The molecule has 1 aliphatic rings. The number of aromatic amines is 1. The van der Waals surface area contributed by atoms with Crippen LogP contribution in [0.2, 0.25) is 0 Å². The van der Waals surface area contributed by atoms with Gasteiger partial charge in [0.15, 0.2) is 0 Å². The van der Waals surface area contributed by atoms with Crippen LogP contribution in [0.15, 0.2) is 33.7 Å². The van der Waals surface area contributed by atoms with E-state index in [0.717, 1.165) is 19.3 Å². The van der Waals surface area contributed by atoms with E-state index >= 15 is 0 Å². The van der Waals surface area contributed by atoms with E-state index in [1.165, 1.54) is 0 Å². The average Bonchev–Trinajstić information content (AvgIpc) is 3.18. The maximum atomic E-state index is 13.2. The molecule has 3 aromatic rings. The zero-order valence-electron chi connectivity index (χ0n) is 16.1. The van der Waals surface area contributed by atoms with E-state index in [1.54, 1.807) is 39.1 Å². The number of hydrogen-bond acceptors (Lipinski definition) is 6. The Labute approximate surface area is 163 Å². The Morgan fingerprint density at radius 3 is 2.64 bits per heavy atom. The van der Waals surface area contributed by atoms with Crippen LogP contribution in [0.4, 0.5) is 0 Å². The first-order chi connectivity index (χ1) is 13.4. The molecule has 0 aromatic carbocycles. The molecular formula is C19H23N5O3S. The van der Waals surface area contributed by atoms with Crippen LogP contribution in [0, 0.1) is 13.8 Å². The van der Waals surface area contributed by atoms with E-state index in [2.05, 4.69) is 24.9 Å². The van der Waals surface area contributed by atoms with E-state index in [4.69, 9.17) is 4.42 Å². The summed E-state index contributed by atoms with van der Waals surface area (Å²) in [6.07, 6.45) is 4.85. The quantitative estimate of drug-likeness (QED) is 0.654. The number of pyridine rings is 1. The van der Waals surface area contributed by atoms with Crippen LogP contribution in [0.1, 0.15) is 61.1 Å². The SMILES string of the molecule is Cc1[nH]c(C)c(S(=O)(=O)N[C@@H](C)c2ccccn2)c1-c1nnc(C2CCC2)o1. The van der Waals surface area contributed by atoms with Crippen molar-refractivity contribution in [3.63, 3.8) is 0 Å². The predicted molar refractivity (Wildman–Crippen MR) is 103 cm³/mol. The van der Waals surface area contributed by atoms with Crippen molar-refractivity contribution in [1.29, 1.82) is 0 Å². The van der Waals surface area contributed by atoms with Gasteiger partial charge in [0.25, 0.3) is 5.89 Å². The highest BCUT2D eigenvalue weighted by Gasteiger charge is 2.32. The first kappa shape index (κ1) is 18.8. The fraction of sp³-hybridized carbons (Fsp3) is 0.421. The second-order valence-corrected chi connectivity index (χ2v) is 8.90. The normalized spacial score (nSPS) is 16.1. The largest absolute Gasteiger partial charge is 0.420 e. The van der Waals surface area contributed by atoms with Crippen molar-refractivity contribution in [1.82, 2.24) is 24.9 Å². The van der Waals surface area contributed by atoms with E-state index in [1.807, 2.05) is 6.07 Å². The fourth-order valence-electron chi connectivity index (χ4n) is 3.49. The summed E-state index contributed by atoms with van der Waals surface area (Å²) < 4.78 is 35.0. The number of hydrogen-bond donors (Lipinski definition) is 2. The summed E-state index contributed by atoms with van der Waals surface area (Å²) in [5.74, 6) is 1.09. The Hall–Kier alpha value is -2.52. The molecule has 0 saturated heterocycles. The minimum atomic E-state index is -3.85. The minimum Gasteiger partial charge on any atom is -0.420 e. The van der Waals surface area contributed by atoms with Gasteiger partial charge in [-0.15, -0.1) is 10.2 Å². The summed E-state index contributed by atoms with van der Waals surface area (Å²) in [5.41, 5.74) is 2.27. The molecule has 1 aliphatic carbocycles. The molecule has 1 saturated carbocycles. The highest BCUT2D eigenvalue weighted by atomic mass is 32.2. The molecule has 0 unspecified atom stereocenters. The molecule has 1 atom stereocenters. The summed E-state index contributed by atoms with van der Waals surface area (Å²) in [6, 6.07) is 4.91. The first-order valence-corrected chi connectivity index (χ1v) is 10.8. The third-order valence-corrected chi connectivity index (χ3v) is 6.87. The van der Waals surface area contributed by atoms with Gasteiger partial charge >= 0.3 is 0 Å². The van der Waals surface area contributed by atoms with Gasteiger partial charge in [-0.05, 0) is 45.7 Å². The monoisotopic (exact) mass is 401 g/mol. The van der Waals surface area contributed by atoms with Crippen molar-refractivity contribution in [2.75, 3.05) is 0 Å². The molecule has 0 radical (unpaired) electrons. The van der Waals surface area contributed by atoms with Crippen molar-refractivity contribution < 1.29 is 12.8 Å². The molecular weight excluding hydrogens is 378 g/mol. The Balaban J connectivity index is 1.70. The summed E-state index contributed by atoms with van der Waals surface area (Å²) in [4.78, 5) is 7.46. The summed E-state index contributed by atoms with van der Waals surface area (Å²) >= 11 is 0. The van der Waals surface area contributed by atoms with E-state index in [-0.39, 0.29) is 16.7 Å². The van der Waals surface area contributed by atoms with Crippen LogP contribution >= 0.6 is 0 Å². The number of rotatable bonds is 6. The van der Waals surface area contributed by atoms with Crippen molar-refractivity contribution in [2.45, 2.75) is 56.9 Å². The van der Waals surface area contributed by atoms with Gasteiger partial charge in [0, 0.05) is 23.5 Å². The van der Waals surface area contributed by atoms with Gasteiger partial charge in [0.05, 0.1) is 17.3 Å². The maximum Gasteiger partial charge on any atom is 0.250 e. The van der Waals surface area contributed by atoms with Gasteiger partial charge < -0.3 is 9.40 Å². The standard InChI is InChI=1S/C19H23N5O3S/c1-11(15-9-4-5-10-20-15)24-28(25,26)17-13(3)21-12(2)16(17)19-23-22-18(27-19)14-7-6-8-14/h4-5,9-11,14,21,24H,6-8H2,1-3H3/t11-/m0/s1. The van der Waals surface area contributed by atoms with Crippen molar-refractivity contribution >= 4 is 10.0 Å². The molecule has 3 aromatic heterocycles. The zero-order chi connectivity index (χ0) is 19.9. The van der Waals surface area contributed by atoms with Gasteiger partial charge in [-0.25, -0.2) is 13.1 Å². The van der Waals surface area contributed by atoms with Gasteiger partial charge in [-0.3, -0.25) is 4.98 Å². The third kappa shape index (κ3) is 3.35.